The second-order valence-electron chi connectivity index (χ2n) is 13.1. The van der Waals surface area contributed by atoms with E-state index in [2.05, 4.69) is 15.6 Å². The van der Waals surface area contributed by atoms with Gasteiger partial charge in [0.05, 0.1) is 39.4 Å². The molecule has 1 aliphatic heterocycles. The SMILES string of the molecule is Cn1c(Cc2c(Cl)ccc(CNC(=O)C(C)(C)C)c2Cl)nc2cc(C(=O)NCc3ccc(F)cc3C(F)(F)F)c(N3CCC(F)(F)C3)cc21. The Morgan fingerprint density at radius 2 is 1.65 bits per heavy atom. The van der Waals surface area contributed by atoms with Gasteiger partial charge < -0.3 is 20.1 Å². The van der Waals surface area contributed by atoms with Gasteiger partial charge in [0.2, 0.25) is 5.91 Å². The molecule has 2 N–H and O–H groups in total. The zero-order valence-corrected chi connectivity index (χ0v) is 28.5. The van der Waals surface area contributed by atoms with Crippen LogP contribution in [0.1, 0.15) is 65.6 Å². The number of imidazole rings is 1. The Morgan fingerprint density at radius 3 is 2.29 bits per heavy atom. The second kappa shape index (κ2) is 13.4. The number of hydrogen-bond acceptors (Lipinski definition) is 4. The number of anilines is 1. The topological polar surface area (TPSA) is 79.3 Å². The van der Waals surface area contributed by atoms with E-state index >= 15 is 0 Å². The number of aryl methyl sites for hydroxylation is 1. The highest BCUT2D eigenvalue weighted by Crippen LogP contribution is 2.37. The van der Waals surface area contributed by atoms with Gasteiger partial charge in [0.15, 0.2) is 0 Å². The number of fused-ring (bicyclic) bond motifs is 1. The minimum Gasteiger partial charge on any atom is -0.365 e. The standard InChI is InChI=1S/C34H33Cl2F6N5O2/c1-32(2,3)31(49)44-16-19-6-8-24(35)21(29(19)36)13-28-45-25-12-22(26(14-27(25)46(28)4)47-10-9-33(38,39)17-47)30(48)43-15-18-5-7-20(37)11-23(18)34(40,41)42/h5-8,11-12,14H,9-10,13,15-17H2,1-4H3,(H,43,48)(H,44,49). The molecular weight excluding hydrogens is 695 g/mol. The van der Waals surface area contributed by atoms with Crippen molar-refractivity contribution in [2.75, 3.05) is 18.0 Å². The summed E-state index contributed by atoms with van der Waals surface area (Å²) in [5.74, 6) is -4.63. The molecule has 1 aromatic heterocycles. The lowest BCUT2D eigenvalue weighted by atomic mass is 9.95. The molecule has 49 heavy (non-hydrogen) atoms. The molecule has 0 bridgehead atoms. The first-order valence-corrected chi connectivity index (χ1v) is 16.0. The van der Waals surface area contributed by atoms with E-state index < -0.39 is 54.3 Å². The van der Waals surface area contributed by atoms with Crippen LogP contribution in [0.3, 0.4) is 0 Å². The van der Waals surface area contributed by atoms with Crippen LogP contribution >= 0.6 is 23.2 Å². The predicted octanol–water partition coefficient (Wildman–Crippen LogP) is 8.07. The third-order valence-electron chi connectivity index (χ3n) is 8.38. The molecule has 2 heterocycles. The van der Waals surface area contributed by atoms with Gasteiger partial charge in [-0.3, -0.25) is 9.59 Å². The number of nitrogens with zero attached hydrogens (tertiary/aromatic N) is 3. The van der Waals surface area contributed by atoms with E-state index in [0.717, 1.165) is 12.1 Å². The second-order valence-corrected chi connectivity index (χ2v) is 13.8. The summed E-state index contributed by atoms with van der Waals surface area (Å²) in [6.45, 7) is 4.19. The van der Waals surface area contributed by atoms with Gasteiger partial charge in [-0.15, -0.1) is 0 Å². The van der Waals surface area contributed by atoms with Crippen molar-refractivity contribution in [3.63, 3.8) is 0 Å². The molecule has 4 aromatic rings. The molecule has 262 valence electrons. The van der Waals surface area contributed by atoms with Crippen LogP contribution in [0.5, 0.6) is 0 Å². The molecule has 1 aliphatic rings. The third-order valence-corrected chi connectivity index (χ3v) is 9.21. The van der Waals surface area contributed by atoms with Gasteiger partial charge >= 0.3 is 6.18 Å². The van der Waals surface area contributed by atoms with Crippen molar-refractivity contribution in [3.05, 3.63) is 92.0 Å². The minimum absolute atomic E-state index is 0.0660. The predicted molar refractivity (Wildman–Crippen MR) is 176 cm³/mol. The molecule has 0 unspecified atom stereocenters. The monoisotopic (exact) mass is 727 g/mol. The van der Waals surface area contributed by atoms with Crippen LogP contribution in [0.4, 0.5) is 32.0 Å². The number of benzene rings is 3. The average Bonchev–Trinajstić information content (AvgIpc) is 3.53. The highest BCUT2D eigenvalue weighted by atomic mass is 35.5. The van der Waals surface area contributed by atoms with Crippen molar-refractivity contribution in [1.29, 1.82) is 0 Å². The maximum atomic E-state index is 14.3. The maximum Gasteiger partial charge on any atom is 0.416 e. The summed E-state index contributed by atoms with van der Waals surface area (Å²) in [6.07, 6.45) is -5.19. The summed E-state index contributed by atoms with van der Waals surface area (Å²) in [6, 6.07) is 8.43. The van der Waals surface area contributed by atoms with Gasteiger partial charge in [0.1, 0.15) is 11.6 Å². The molecule has 7 nitrogen and oxygen atoms in total. The summed E-state index contributed by atoms with van der Waals surface area (Å²) in [4.78, 5) is 32.0. The number of halogens is 8. The molecule has 1 saturated heterocycles. The first-order valence-electron chi connectivity index (χ1n) is 15.2. The Labute approximate surface area is 288 Å². The minimum atomic E-state index is -4.87. The van der Waals surface area contributed by atoms with Crippen molar-refractivity contribution < 1.29 is 35.9 Å². The Balaban J connectivity index is 1.49. The fourth-order valence-electron chi connectivity index (χ4n) is 5.60. The third kappa shape index (κ3) is 7.93. The van der Waals surface area contributed by atoms with Crippen LogP contribution in [0.25, 0.3) is 11.0 Å². The molecule has 15 heteroatoms. The van der Waals surface area contributed by atoms with Crippen molar-refractivity contribution >= 4 is 51.7 Å². The first-order chi connectivity index (χ1) is 22.7. The highest BCUT2D eigenvalue weighted by Gasteiger charge is 2.40. The van der Waals surface area contributed by atoms with Gasteiger partial charge in [-0.2, -0.15) is 13.2 Å². The lowest BCUT2D eigenvalue weighted by Gasteiger charge is -2.22. The number of aromatic nitrogens is 2. The van der Waals surface area contributed by atoms with Crippen LogP contribution in [-0.4, -0.2) is 40.4 Å². The average molecular weight is 729 g/mol. The summed E-state index contributed by atoms with van der Waals surface area (Å²) in [5.41, 5.74) is -0.169. The molecule has 0 saturated carbocycles. The van der Waals surface area contributed by atoms with Crippen LogP contribution in [-0.2, 0) is 37.5 Å². The Hall–Kier alpha value is -3.97. The molecule has 0 radical (unpaired) electrons. The van der Waals surface area contributed by atoms with Gasteiger partial charge in [0, 0.05) is 50.0 Å². The van der Waals surface area contributed by atoms with Crippen LogP contribution in [0.15, 0.2) is 42.5 Å². The van der Waals surface area contributed by atoms with E-state index in [-0.39, 0.29) is 42.2 Å². The Bertz CT molecular complexity index is 1940. The van der Waals surface area contributed by atoms with Gasteiger partial charge in [-0.1, -0.05) is 56.1 Å². The van der Waals surface area contributed by atoms with Crippen LogP contribution in [0.2, 0.25) is 10.0 Å². The normalized spacial score (nSPS) is 14.8. The summed E-state index contributed by atoms with van der Waals surface area (Å²) >= 11 is 13.3. The van der Waals surface area contributed by atoms with Gasteiger partial charge in [0.25, 0.3) is 11.8 Å². The number of amides is 2. The lowest BCUT2D eigenvalue weighted by Crippen LogP contribution is -2.34. The molecular formula is C34H33Cl2F6N5O2. The fourth-order valence-corrected chi connectivity index (χ4v) is 6.17. The molecule has 0 aliphatic carbocycles. The number of rotatable bonds is 8. The number of carbonyl (C=O) groups is 2. The van der Waals surface area contributed by atoms with Crippen LogP contribution < -0.4 is 15.5 Å². The van der Waals surface area contributed by atoms with Crippen molar-refractivity contribution in [3.8, 4) is 0 Å². The summed E-state index contributed by atoms with van der Waals surface area (Å²) in [7, 11) is 1.70. The number of carbonyl (C=O) groups excluding carboxylic acids is 2. The van der Waals surface area contributed by atoms with E-state index in [1.807, 2.05) is 0 Å². The number of hydrogen-bond donors (Lipinski definition) is 2. The highest BCUT2D eigenvalue weighted by molar-refractivity contribution is 6.36. The Morgan fingerprint density at radius 1 is 0.980 bits per heavy atom. The van der Waals surface area contributed by atoms with Crippen molar-refractivity contribution in [1.82, 2.24) is 20.2 Å². The van der Waals surface area contributed by atoms with E-state index in [4.69, 9.17) is 23.2 Å². The molecule has 1 fully saturated rings. The molecule has 3 aromatic carbocycles. The van der Waals surface area contributed by atoms with E-state index in [1.165, 1.54) is 11.0 Å². The fraction of sp³-hybridized carbons (Fsp3) is 0.382. The smallest absolute Gasteiger partial charge is 0.365 e. The molecule has 2 amide bonds. The zero-order valence-electron chi connectivity index (χ0n) is 27.0. The number of alkyl halides is 5. The first kappa shape index (κ1) is 36.3. The lowest BCUT2D eigenvalue weighted by molar-refractivity contribution is -0.138. The van der Waals surface area contributed by atoms with Gasteiger partial charge in [-0.25, -0.2) is 18.2 Å². The van der Waals surface area contributed by atoms with E-state index in [1.54, 1.807) is 50.6 Å². The number of nitrogens with one attached hydrogen (secondary N) is 2. The molecule has 5 rings (SSSR count). The van der Waals surface area contributed by atoms with E-state index in [9.17, 15) is 35.9 Å². The van der Waals surface area contributed by atoms with Crippen molar-refractivity contribution in [2.45, 2.75) is 58.8 Å². The van der Waals surface area contributed by atoms with Gasteiger partial charge in [-0.05, 0) is 47.0 Å². The molecule has 0 atom stereocenters. The zero-order chi connectivity index (χ0) is 36.1. The largest absolute Gasteiger partial charge is 0.416 e. The molecule has 0 spiro atoms. The van der Waals surface area contributed by atoms with Crippen molar-refractivity contribution in [2.24, 2.45) is 12.5 Å². The quantitative estimate of drug-likeness (QED) is 0.180. The Kier molecular flexibility index (Phi) is 9.92. The summed E-state index contributed by atoms with van der Waals surface area (Å²) < 4.78 is 84.7. The van der Waals surface area contributed by atoms with E-state index in [0.29, 0.717) is 44.1 Å². The summed E-state index contributed by atoms with van der Waals surface area (Å²) in [5, 5.41) is 5.97. The van der Waals surface area contributed by atoms with Crippen LogP contribution in [0, 0.1) is 11.2 Å². The maximum absolute atomic E-state index is 14.3.